The second kappa shape index (κ2) is 6.68. The van der Waals surface area contributed by atoms with Crippen molar-refractivity contribution in [3.05, 3.63) is 59.0 Å². The van der Waals surface area contributed by atoms with E-state index < -0.39 is 0 Å². The molecule has 0 saturated carbocycles. The van der Waals surface area contributed by atoms with Crippen LogP contribution in [0.2, 0.25) is 0 Å². The summed E-state index contributed by atoms with van der Waals surface area (Å²) in [4.78, 5) is 28.2. The number of hydrogen-bond acceptors (Lipinski definition) is 6. The van der Waals surface area contributed by atoms with Gasteiger partial charge in [-0.25, -0.2) is 15.0 Å². The summed E-state index contributed by atoms with van der Waals surface area (Å²) in [5.74, 6) is 1.41. The van der Waals surface area contributed by atoms with Crippen LogP contribution >= 0.6 is 11.8 Å². The van der Waals surface area contributed by atoms with Crippen LogP contribution in [0.3, 0.4) is 0 Å². The molecular formula is C18H17N5OS. The minimum Gasteiger partial charge on any atom is -0.296 e. The molecule has 0 radical (unpaired) electrons. The van der Waals surface area contributed by atoms with E-state index in [9.17, 15) is 4.79 Å². The largest absolute Gasteiger partial charge is 0.296 e. The first-order valence-electron chi connectivity index (χ1n) is 8.08. The van der Waals surface area contributed by atoms with Gasteiger partial charge in [-0.2, -0.15) is 0 Å². The molecule has 0 N–H and O–H groups in total. The summed E-state index contributed by atoms with van der Waals surface area (Å²) in [5.41, 5.74) is 1.58. The fraction of sp³-hybridized carbons (Fsp3) is 0.222. The Morgan fingerprint density at radius 1 is 1.08 bits per heavy atom. The summed E-state index contributed by atoms with van der Waals surface area (Å²) in [7, 11) is 0. The average Bonchev–Trinajstić information content (AvgIpc) is 2.68. The maximum absolute atomic E-state index is 12.6. The Bertz CT molecular complexity index is 957. The first kappa shape index (κ1) is 15.8. The van der Waals surface area contributed by atoms with Gasteiger partial charge < -0.3 is 0 Å². The third-order valence-electron chi connectivity index (χ3n) is 4.14. The van der Waals surface area contributed by atoms with Gasteiger partial charge in [-0.15, -0.1) is 0 Å². The summed E-state index contributed by atoms with van der Waals surface area (Å²) >= 11 is 1.49. The number of rotatable bonds is 3. The van der Waals surface area contributed by atoms with Crippen LogP contribution in [0, 0.1) is 0 Å². The topological polar surface area (TPSA) is 63.9 Å². The quantitative estimate of drug-likeness (QED) is 0.534. The summed E-state index contributed by atoms with van der Waals surface area (Å²) in [5, 5.41) is 0.705. The highest BCUT2D eigenvalue weighted by Gasteiger charge is 2.23. The second-order valence-corrected chi connectivity index (χ2v) is 6.48. The van der Waals surface area contributed by atoms with Crippen LogP contribution in [-0.4, -0.2) is 32.3 Å². The SMILES string of the molecule is CSc1nccc(N2CCCn3c2nc(-c2ccccc2)cc3=O)n1. The van der Waals surface area contributed by atoms with Crippen molar-refractivity contribution in [3.63, 3.8) is 0 Å². The van der Waals surface area contributed by atoms with Crippen LogP contribution in [0.4, 0.5) is 11.8 Å². The van der Waals surface area contributed by atoms with Gasteiger partial charge in [-0.05, 0) is 18.7 Å². The molecule has 0 fully saturated rings. The molecule has 0 unspecified atom stereocenters. The molecule has 0 saturated heterocycles. The smallest absolute Gasteiger partial charge is 0.255 e. The molecule has 0 amide bonds. The van der Waals surface area contributed by atoms with Gasteiger partial charge in [0.25, 0.3) is 5.56 Å². The summed E-state index contributed by atoms with van der Waals surface area (Å²) < 4.78 is 1.72. The van der Waals surface area contributed by atoms with Gasteiger partial charge in [0.05, 0.1) is 5.69 Å². The number of nitrogens with zero attached hydrogens (tertiary/aromatic N) is 5. The van der Waals surface area contributed by atoms with Gasteiger partial charge in [-0.3, -0.25) is 14.3 Å². The summed E-state index contributed by atoms with van der Waals surface area (Å²) in [6.07, 6.45) is 4.56. The van der Waals surface area contributed by atoms with Gasteiger partial charge >= 0.3 is 0 Å². The highest BCUT2D eigenvalue weighted by Crippen LogP contribution is 2.27. The maximum atomic E-state index is 12.6. The zero-order valence-electron chi connectivity index (χ0n) is 13.8. The minimum atomic E-state index is -0.0345. The molecule has 3 heterocycles. The van der Waals surface area contributed by atoms with Crippen molar-refractivity contribution in [2.24, 2.45) is 0 Å². The Hall–Kier alpha value is -2.67. The van der Waals surface area contributed by atoms with Crippen molar-refractivity contribution in [1.29, 1.82) is 0 Å². The Kier molecular flexibility index (Phi) is 4.23. The van der Waals surface area contributed by atoms with Gasteiger partial charge in [0.1, 0.15) is 5.82 Å². The van der Waals surface area contributed by atoms with Crippen molar-refractivity contribution < 1.29 is 0 Å². The molecule has 1 aromatic carbocycles. The second-order valence-electron chi connectivity index (χ2n) is 5.70. The lowest BCUT2D eigenvalue weighted by molar-refractivity contribution is 0.560. The van der Waals surface area contributed by atoms with Gasteiger partial charge in [-0.1, -0.05) is 42.1 Å². The van der Waals surface area contributed by atoms with Crippen LogP contribution in [0.15, 0.2) is 58.6 Å². The van der Waals surface area contributed by atoms with Gasteiger partial charge in [0.15, 0.2) is 5.16 Å². The fourth-order valence-electron chi connectivity index (χ4n) is 2.95. The molecule has 126 valence electrons. The highest BCUT2D eigenvalue weighted by atomic mass is 32.2. The minimum absolute atomic E-state index is 0.0345. The molecule has 1 aliphatic heterocycles. The van der Waals surface area contributed by atoms with Crippen molar-refractivity contribution in [1.82, 2.24) is 19.5 Å². The normalized spacial score (nSPS) is 13.6. The number of benzene rings is 1. The van der Waals surface area contributed by atoms with Gasteiger partial charge in [0, 0.05) is 30.9 Å². The van der Waals surface area contributed by atoms with Crippen molar-refractivity contribution in [2.75, 3.05) is 17.7 Å². The number of hydrogen-bond donors (Lipinski definition) is 0. The zero-order valence-corrected chi connectivity index (χ0v) is 14.6. The third-order valence-corrected chi connectivity index (χ3v) is 4.70. The fourth-order valence-corrected chi connectivity index (χ4v) is 3.30. The van der Waals surface area contributed by atoms with Crippen LogP contribution in [-0.2, 0) is 6.54 Å². The molecule has 6 nitrogen and oxygen atoms in total. The van der Waals surface area contributed by atoms with E-state index in [1.54, 1.807) is 16.8 Å². The number of anilines is 2. The lowest BCUT2D eigenvalue weighted by Crippen LogP contribution is -2.36. The highest BCUT2D eigenvalue weighted by molar-refractivity contribution is 7.98. The van der Waals surface area contributed by atoms with Gasteiger partial charge in [0.2, 0.25) is 5.95 Å². The molecule has 2 aromatic heterocycles. The zero-order chi connectivity index (χ0) is 17.2. The van der Waals surface area contributed by atoms with Crippen LogP contribution in [0.1, 0.15) is 6.42 Å². The molecule has 3 aromatic rings. The average molecular weight is 351 g/mol. The van der Waals surface area contributed by atoms with Crippen LogP contribution in [0.5, 0.6) is 0 Å². The number of thioether (sulfide) groups is 1. The molecule has 4 rings (SSSR count). The molecule has 0 spiro atoms. The maximum Gasteiger partial charge on any atom is 0.255 e. The summed E-state index contributed by atoms with van der Waals surface area (Å²) in [6, 6.07) is 13.2. The first-order valence-corrected chi connectivity index (χ1v) is 9.30. The Balaban J connectivity index is 1.85. The first-order chi connectivity index (χ1) is 12.3. The van der Waals surface area contributed by atoms with Crippen molar-refractivity contribution >= 4 is 23.5 Å². The Labute approximate surface area is 149 Å². The molecule has 0 aliphatic carbocycles. The predicted octanol–water partition coefficient (Wildman–Crippen LogP) is 2.96. The Morgan fingerprint density at radius 3 is 2.72 bits per heavy atom. The molecule has 1 aliphatic rings. The molecule has 0 atom stereocenters. The standard InChI is InChI=1S/C18H17N5OS/c1-25-17-19-9-8-15(21-17)22-10-5-11-23-16(24)12-14(20-18(22)23)13-6-3-2-4-7-13/h2-4,6-9,12H,5,10-11H2,1H3. The predicted molar refractivity (Wildman–Crippen MR) is 99.4 cm³/mol. The van der Waals surface area contributed by atoms with E-state index in [2.05, 4.69) is 9.97 Å². The molecular weight excluding hydrogens is 334 g/mol. The van der Waals surface area contributed by atoms with E-state index in [0.717, 1.165) is 24.3 Å². The van der Waals surface area contributed by atoms with Crippen molar-refractivity contribution in [3.8, 4) is 11.3 Å². The lowest BCUT2D eigenvalue weighted by atomic mass is 10.1. The van der Waals surface area contributed by atoms with E-state index in [0.29, 0.717) is 23.3 Å². The third kappa shape index (κ3) is 3.02. The summed E-state index contributed by atoms with van der Waals surface area (Å²) in [6.45, 7) is 1.45. The lowest BCUT2D eigenvalue weighted by Gasteiger charge is -2.30. The van der Waals surface area contributed by atoms with Crippen LogP contribution < -0.4 is 10.5 Å². The van der Waals surface area contributed by atoms with E-state index in [1.165, 1.54) is 11.8 Å². The Morgan fingerprint density at radius 2 is 1.92 bits per heavy atom. The number of aromatic nitrogens is 4. The monoisotopic (exact) mass is 351 g/mol. The van der Waals surface area contributed by atoms with E-state index in [4.69, 9.17) is 4.98 Å². The molecule has 25 heavy (non-hydrogen) atoms. The van der Waals surface area contributed by atoms with E-state index in [-0.39, 0.29) is 5.56 Å². The molecule has 7 heteroatoms. The van der Waals surface area contributed by atoms with Crippen LogP contribution in [0.25, 0.3) is 11.3 Å². The molecule has 0 bridgehead atoms. The van der Waals surface area contributed by atoms with E-state index >= 15 is 0 Å². The van der Waals surface area contributed by atoms with E-state index in [1.807, 2.05) is 47.6 Å². The number of fused-ring (bicyclic) bond motifs is 1. The van der Waals surface area contributed by atoms with Crippen molar-refractivity contribution in [2.45, 2.75) is 18.1 Å².